The molecule has 0 aliphatic heterocycles. The second-order valence-corrected chi connectivity index (χ2v) is 5.16. The molecule has 0 saturated heterocycles. The van der Waals surface area contributed by atoms with Crippen molar-refractivity contribution in [3.8, 4) is 11.5 Å². The number of rotatable bonds is 8. The SMILES string of the molecule is NC(=O)COc1ccc(C(=O)OCCOc2cccc(Cl)c2)cc1. The predicted octanol–water partition coefficient (Wildman–Crippen LogP) is 2.44. The molecule has 0 aliphatic carbocycles. The van der Waals surface area contributed by atoms with Crippen LogP contribution < -0.4 is 15.2 Å². The van der Waals surface area contributed by atoms with Crippen molar-refractivity contribution >= 4 is 23.5 Å². The molecule has 0 saturated carbocycles. The molecule has 1 amide bonds. The topological polar surface area (TPSA) is 87.9 Å². The lowest BCUT2D eigenvalue weighted by Gasteiger charge is -2.08. The Balaban J connectivity index is 1.75. The number of amides is 1. The summed E-state index contributed by atoms with van der Waals surface area (Å²) in [4.78, 5) is 22.5. The average Bonchev–Trinajstić information content (AvgIpc) is 2.57. The van der Waals surface area contributed by atoms with Gasteiger partial charge in [-0.15, -0.1) is 0 Å². The third-order valence-electron chi connectivity index (χ3n) is 2.85. The summed E-state index contributed by atoms with van der Waals surface area (Å²) >= 11 is 5.84. The molecule has 2 N–H and O–H groups in total. The average molecular weight is 350 g/mol. The van der Waals surface area contributed by atoms with Crippen LogP contribution in [0, 0.1) is 0 Å². The van der Waals surface area contributed by atoms with Gasteiger partial charge in [-0.2, -0.15) is 0 Å². The van der Waals surface area contributed by atoms with Crippen LogP contribution in [0.15, 0.2) is 48.5 Å². The van der Waals surface area contributed by atoms with Crippen molar-refractivity contribution < 1.29 is 23.8 Å². The van der Waals surface area contributed by atoms with E-state index in [1.165, 1.54) is 12.1 Å². The molecule has 2 rings (SSSR count). The van der Waals surface area contributed by atoms with Crippen molar-refractivity contribution in [2.75, 3.05) is 19.8 Å². The molecule has 2 aromatic carbocycles. The van der Waals surface area contributed by atoms with Crippen molar-refractivity contribution in [2.24, 2.45) is 5.73 Å². The van der Waals surface area contributed by atoms with Crippen molar-refractivity contribution in [1.29, 1.82) is 0 Å². The minimum atomic E-state index is -0.571. The zero-order chi connectivity index (χ0) is 17.4. The maximum atomic E-state index is 11.9. The van der Waals surface area contributed by atoms with Gasteiger partial charge in [0, 0.05) is 5.02 Å². The highest BCUT2D eigenvalue weighted by Crippen LogP contribution is 2.17. The van der Waals surface area contributed by atoms with Crippen molar-refractivity contribution in [2.45, 2.75) is 0 Å². The van der Waals surface area contributed by atoms with Crippen LogP contribution in [-0.4, -0.2) is 31.7 Å². The van der Waals surface area contributed by atoms with E-state index in [1.54, 1.807) is 36.4 Å². The standard InChI is InChI=1S/C17H16ClNO5/c18-13-2-1-3-15(10-13)22-8-9-23-17(21)12-4-6-14(7-5-12)24-11-16(19)20/h1-7,10H,8-9,11H2,(H2,19,20). The summed E-state index contributed by atoms with van der Waals surface area (Å²) < 4.78 is 15.6. The van der Waals surface area contributed by atoms with Gasteiger partial charge in [-0.1, -0.05) is 17.7 Å². The second-order valence-electron chi connectivity index (χ2n) is 4.72. The molecule has 0 unspecified atom stereocenters. The van der Waals surface area contributed by atoms with Crippen LogP contribution in [0.2, 0.25) is 5.02 Å². The number of hydrogen-bond acceptors (Lipinski definition) is 5. The van der Waals surface area contributed by atoms with Crippen LogP contribution in [0.1, 0.15) is 10.4 Å². The zero-order valence-electron chi connectivity index (χ0n) is 12.7. The van der Waals surface area contributed by atoms with Crippen LogP contribution in [0.25, 0.3) is 0 Å². The van der Waals surface area contributed by atoms with Gasteiger partial charge in [0.25, 0.3) is 5.91 Å². The van der Waals surface area contributed by atoms with E-state index in [4.69, 9.17) is 31.5 Å². The summed E-state index contributed by atoms with van der Waals surface area (Å²) in [5, 5.41) is 0.572. The molecule has 0 atom stereocenters. The first-order chi connectivity index (χ1) is 11.5. The van der Waals surface area contributed by atoms with Gasteiger partial charge in [0.1, 0.15) is 24.7 Å². The van der Waals surface area contributed by atoms with Crippen LogP contribution in [-0.2, 0) is 9.53 Å². The van der Waals surface area contributed by atoms with Gasteiger partial charge in [-0.25, -0.2) is 4.79 Å². The van der Waals surface area contributed by atoms with Crippen molar-refractivity contribution in [3.63, 3.8) is 0 Å². The van der Waals surface area contributed by atoms with Crippen molar-refractivity contribution in [3.05, 3.63) is 59.1 Å². The van der Waals surface area contributed by atoms with Crippen LogP contribution in [0.3, 0.4) is 0 Å². The van der Waals surface area contributed by atoms with E-state index < -0.39 is 11.9 Å². The quantitative estimate of drug-likeness (QED) is 0.584. The van der Waals surface area contributed by atoms with E-state index in [1.807, 2.05) is 0 Å². The number of primary amides is 1. The van der Waals surface area contributed by atoms with Gasteiger partial charge < -0.3 is 19.9 Å². The van der Waals surface area contributed by atoms with Crippen molar-refractivity contribution in [1.82, 2.24) is 0 Å². The number of halogens is 1. The third-order valence-corrected chi connectivity index (χ3v) is 3.09. The molecule has 0 aromatic heterocycles. The Kier molecular flexibility index (Phi) is 6.45. The van der Waals surface area contributed by atoms with E-state index >= 15 is 0 Å². The fourth-order valence-corrected chi connectivity index (χ4v) is 1.96. The van der Waals surface area contributed by atoms with E-state index in [0.717, 1.165) is 0 Å². The highest BCUT2D eigenvalue weighted by Gasteiger charge is 2.07. The molecule has 0 fully saturated rings. The highest BCUT2D eigenvalue weighted by atomic mass is 35.5. The van der Waals surface area contributed by atoms with Gasteiger partial charge >= 0.3 is 5.97 Å². The number of nitrogens with two attached hydrogens (primary N) is 1. The molecule has 0 spiro atoms. The summed E-state index contributed by atoms with van der Waals surface area (Å²) in [6.45, 7) is 0.0990. The second kappa shape index (κ2) is 8.79. The molecule has 0 radical (unpaired) electrons. The van der Waals surface area contributed by atoms with Crippen LogP contribution in [0.4, 0.5) is 0 Å². The molecular formula is C17H16ClNO5. The Morgan fingerprint density at radius 1 is 0.958 bits per heavy atom. The van der Waals surface area contributed by atoms with Crippen LogP contribution in [0.5, 0.6) is 11.5 Å². The smallest absolute Gasteiger partial charge is 0.338 e. The number of benzene rings is 2. The molecule has 0 aliphatic rings. The lowest BCUT2D eigenvalue weighted by molar-refractivity contribution is -0.119. The minimum absolute atomic E-state index is 0.102. The third kappa shape index (κ3) is 5.81. The summed E-state index contributed by atoms with van der Waals surface area (Å²) in [6, 6.07) is 13.1. The largest absolute Gasteiger partial charge is 0.490 e. The Bertz CT molecular complexity index is 702. The molecule has 7 heteroatoms. The van der Waals surface area contributed by atoms with Gasteiger partial charge in [0.05, 0.1) is 5.56 Å². The first-order valence-electron chi connectivity index (χ1n) is 7.11. The molecule has 0 bridgehead atoms. The summed E-state index contributed by atoms with van der Waals surface area (Å²) in [6.07, 6.45) is 0. The lowest BCUT2D eigenvalue weighted by Crippen LogP contribution is -2.20. The monoisotopic (exact) mass is 349 g/mol. The summed E-state index contributed by atoms with van der Waals surface area (Å²) in [5.74, 6) is -0.00604. The Labute approximate surface area is 144 Å². The minimum Gasteiger partial charge on any atom is -0.490 e. The summed E-state index contributed by atoms with van der Waals surface area (Å²) in [7, 11) is 0. The predicted molar refractivity (Wildman–Crippen MR) is 88.4 cm³/mol. The highest BCUT2D eigenvalue weighted by molar-refractivity contribution is 6.30. The molecule has 0 heterocycles. The maximum absolute atomic E-state index is 11.9. The molecule has 24 heavy (non-hydrogen) atoms. The number of esters is 1. The normalized spacial score (nSPS) is 10.0. The summed E-state index contributed by atoms with van der Waals surface area (Å²) in [5.41, 5.74) is 5.34. The maximum Gasteiger partial charge on any atom is 0.338 e. The first-order valence-corrected chi connectivity index (χ1v) is 7.49. The zero-order valence-corrected chi connectivity index (χ0v) is 13.5. The van der Waals surface area contributed by atoms with Gasteiger partial charge in [-0.05, 0) is 42.5 Å². The Morgan fingerprint density at radius 2 is 1.71 bits per heavy atom. The van der Waals surface area contributed by atoms with E-state index in [-0.39, 0.29) is 19.8 Å². The van der Waals surface area contributed by atoms with E-state index in [2.05, 4.69) is 0 Å². The number of hydrogen-bond donors (Lipinski definition) is 1. The van der Waals surface area contributed by atoms with Gasteiger partial charge in [0.15, 0.2) is 6.61 Å². The lowest BCUT2D eigenvalue weighted by atomic mass is 10.2. The van der Waals surface area contributed by atoms with E-state index in [9.17, 15) is 9.59 Å². The van der Waals surface area contributed by atoms with Crippen LogP contribution >= 0.6 is 11.6 Å². The molecule has 6 nitrogen and oxygen atoms in total. The van der Waals surface area contributed by atoms with E-state index in [0.29, 0.717) is 22.1 Å². The molecular weight excluding hydrogens is 334 g/mol. The first kappa shape index (κ1) is 17.6. The fraction of sp³-hybridized carbons (Fsp3) is 0.176. The number of ether oxygens (including phenoxy) is 3. The Hall–Kier alpha value is -2.73. The molecule has 2 aromatic rings. The Morgan fingerprint density at radius 3 is 2.38 bits per heavy atom. The van der Waals surface area contributed by atoms with Gasteiger partial charge in [-0.3, -0.25) is 4.79 Å². The molecule has 126 valence electrons. The number of carbonyl (C=O) groups is 2. The number of carbonyl (C=O) groups excluding carboxylic acids is 2. The van der Waals surface area contributed by atoms with Gasteiger partial charge in [0.2, 0.25) is 0 Å². The fourth-order valence-electron chi connectivity index (χ4n) is 1.78.